The van der Waals surface area contributed by atoms with Gasteiger partial charge in [0.05, 0.1) is 27.9 Å². The summed E-state index contributed by atoms with van der Waals surface area (Å²) in [7, 11) is 4.69. The number of azide groups is 1. The quantitative estimate of drug-likeness (QED) is 0.0668. The van der Waals surface area contributed by atoms with Crippen LogP contribution in [0.1, 0.15) is 34.8 Å². The van der Waals surface area contributed by atoms with E-state index in [1.165, 1.54) is 0 Å². The molecule has 0 aliphatic carbocycles. The number of amides is 1. The van der Waals surface area contributed by atoms with Crippen molar-refractivity contribution in [1.82, 2.24) is 5.32 Å². The number of rotatable bonds is 15. The van der Waals surface area contributed by atoms with Gasteiger partial charge in [0.15, 0.2) is 11.6 Å². The third-order valence-electron chi connectivity index (χ3n) is 7.96. The molecule has 4 aromatic carbocycles. The molecule has 0 saturated heterocycles. The predicted molar refractivity (Wildman–Crippen MR) is 180 cm³/mol. The van der Waals surface area contributed by atoms with Gasteiger partial charge in [0.2, 0.25) is 5.90 Å². The van der Waals surface area contributed by atoms with Gasteiger partial charge < -0.3 is 34.1 Å². The fourth-order valence-corrected chi connectivity index (χ4v) is 5.51. The van der Waals surface area contributed by atoms with Crippen LogP contribution in [-0.4, -0.2) is 57.0 Å². The molecule has 12 heteroatoms. The highest BCUT2D eigenvalue weighted by Gasteiger charge is 2.53. The summed E-state index contributed by atoms with van der Waals surface area (Å²) in [6, 6.07) is 26.9. The molecule has 1 aliphatic heterocycles. The molecular formula is C36H37N5O7. The molecule has 48 heavy (non-hydrogen) atoms. The van der Waals surface area contributed by atoms with Gasteiger partial charge >= 0.3 is 0 Å². The maximum absolute atomic E-state index is 14.7. The molecule has 4 aromatic rings. The van der Waals surface area contributed by atoms with Crippen LogP contribution in [-0.2, 0) is 22.5 Å². The van der Waals surface area contributed by atoms with Gasteiger partial charge in [0.1, 0.15) is 23.0 Å². The molecule has 2 atom stereocenters. The SMILES string of the molecule is COc1cccc([C@H]2OC(c3ccc(OCCCO)cc3)=N[C@@]2(Cc2ccccc2N=[N+]=[N-])C(=O)NCc2ccc(OC)cc2OC)c1. The van der Waals surface area contributed by atoms with Crippen molar-refractivity contribution in [3.8, 4) is 23.0 Å². The standard InChI is InChI=1S/C36H37N5O7/c1-44-29-10-6-9-25(20-29)33-36(22-26-8-4-5-11-31(26)40-41-37,35(43)38-23-27-14-17-30(45-2)21-32(27)46-3)39-34(48-33)24-12-15-28(16-13-24)47-19-7-18-42/h4-6,8-17,20-21,33,42H,7,18-19,22-23H2,1-3H3,(H,38,43)/t33-,36-/m1/s1. The third kappa shape index (κ3) is 7.46. The van der Waals surface area contributed by atoms with Crippen molar-refractivity contribution in [2.45, 2.75) is 31.0 Å². The lowest BCUT2D eigenvalue weighted by molar-refractivity contribution is -0.129. The Balaban J connectivity index is 1.61. The van der Waals surface area contributed by atoms with Crippen LogP contribution in [0.25, 0.3) is 10.4 Å². The Bertz CT molecular complexity index is 1810. The number of carbonyl (C=O) groups excluding carboxylic acids is 1. The molecule has 5 rings (SSSR count). The van der Waals surface area contributed by atoms with E-state index in [2.05, 4.69) is 15.3 Å². The molecule has 0 radical (unpaired) electrons. The second-order valence-corrected chi connectivity index (χ2v) is 10.9. The number of hydrogen-bond acceptors (Lipinski definition) is 9. The Morgan fingerprint density at radius 3 is 2.42 bits per heavy atom. The summed E-state index contributed by atoms with van der Waals surface area (Å²) >= 11 is 0. The zero-order chi connectivity index (χ0) is 33.9. The molecule has 0 unspecified atom stereocenters. The molecule has 12 nitrogen and oxygen atoms in total. The number of methoxy groups -OCH3 is 3. The van der Waals surface area contributed by atoms with Crippen molar-refractivity contribution < 1.29 is 33.6 Å². The lowest BCUT2D eigenvalue weighted by Gasteiger charge is -2.31. The zero-order valence-corrected chi connectivity index (χ0v) is 27.0. The summed E-state index contributed by atoms with van der Waals surface area (Å²) in [5.74, 6) is 2.21. The average Bonchev–Trinajstić information content (AvgIpc) is 3.52. The van der Waals surface area contributed by atoms with Crippen LogP contribution >= 0.6 is 0 Å². The van der Waals surface area contributed by atoms with Crippen LogP contribution in [0, 0.1) is 0 Å². The van der Waals surface area contributed by atoms with Crippen LogP contribution in [0.3, 0.4) is 0 Å². The first kappa shape index (κ1) is 33.6. The number of aliphatic hydroxyl groups excluding tert-OH is 1. The Kier molecular flexibility index (Phi) is 11.0. The van der Waals surface area contributed by atoms with Crippen LogP contribution in [0.5, 0.6) is 23.0 Å². The highest BCUT2D eigenvalue weighted by Crippen LogP contribution is 2.44. The highest BCUT2D eigenvalue weighted by molar-refractivity contribution is 6.01. The molecule has 0 fully saturated rings. The molecule has 2 N–H and O–H groups in total. The van der Waals surface area contributed by atoms with E-state index < -0.39 is 17.6 Å². The number of nitrogens with one attached hydrogen (secondary N) is 1. The first-order valence-electron chi connectivity index (χ1n) is 15.3. The summed E-state index contributed by atoms with van der Waals surface area (Å²) in [5, 5.41) is 16.1. The van der Waals surface area contributed by atoms with Gasteiger partial charge in [-0.25, -0.2) is 4.99 Å². The van der Waals surface area contributed by atoms with Gasteiger partial charge in [-0.2, -0.15) is 0 Å². The van der Waals surface area contributed by atoms with Gasteiger partial charge in [0.25, 0.3) is 5.91 Å². The maximum atomic E-state index is 14.7. The predicted octanol–water partition coefficient (Wildman–Crippen LogP) is 6.23. The molecule has 1 aliphatic rings. The number of ether oxygens (including phenoxy) is 5. The first-order chi connectivity index (χ1) is 23.4. The minimum atomic E-state index is -1.56. The zero-order valence-electron chi connectivity index (χ0n) is 27.0. The summed E-state index contributed by atoms with van der Waals surface area (Å²) in [6.07, 6.45) is -0.349. The van der Waals surface area contributed by atoms with Crippen molar-refractivity contribution in [3.05, 3.63) is 124 Å². The Morgan fingerprint density at radius 1 is 0.938 bits per heavy atom. The smallest absolute Gasteiger partial charge is 0.252 e. The Morgan fingerprint density at radius 2 is 1.69 bits per heavy atom. The van der Waals surface area contributed by atoms with E-state index in [4.69, 9.17) is 33.8 Å². The minimum absolute atomic E-state index is 0.0343. The number of hydrogen-bond donors (Lipinski definition) is 2. The molecule has 0 spiro atoms. The molecule has 1 amide bonds. The second-order valence-electron chi connectivity index (χ2n) is 10.9. The molecule has 0 aromatic heterocycles. The highest BCUT2D eigenvalue weighted by atomic mass is 16.5. The van der Waals surface area contributed by atoms with E-state index in [-0.39, 0.29) is 25.5 Å². The van der Waals surface area contributed by atoms with Gasteiger partial charge in [-0.15, -0.1) is 0 Å². The van der Waals surface area contributed by atoms with Gasteiger partial charge in [0, 0.05) is 53.8 Å². The molecular weight excluding hydrogens is 614 g/mol. The second kappa shape index (κ2) is 15.7. The van der Waals surface area contributed by atoms with Crippen LogP contribution in [0.2, 0.25) is 0 Å². The van der Waals surface area contributed by atoms with Gasteiger partial charge in [-0.3, -0.25) is 4.79 Å². The summed E-state index contributed by atoms with van der Waals surface area (Å²) in [4.78, 5) is 22.8. The van der Waals surface area contributed by atoms with Crippen molar-refractivity contribution in [1.29, 1.82) is 0 Å². The number of benzene rings is 4. The van der Waals surface area contributed by atoms with Crippen LogP contribution < -0.4 is 24.3 Å². The monoisotopic (exact) mass is 651 g/mol. The third-order valence-corrected chi connectivity index (χ3v) is 7.96. The Hall–Kier alpha value is -5.71. The fourth-order valence-electron chi connectivity index (χ4n) is 5.51. The lowest BCUT2D eigenvalue weighted by Crippen LogP contribution is -2.49. The Labute approximate surface area is 278 Å². The van der Waals surface area contributed by atoms with Crippen molar-refractivity contribution in [2.75, 3.05) is 34.5 Å². The molecule has 0 saturated carbocycles. The number of carbonyl (C=O) groups is 1. The van der Waals surface area contributed by atoms with E-state index >= 15 is 0 Å². The number of aliphatic hydroxyl groups is 1. The normalized spacial score (nSPS) is 16.6. The maximum Gasteiger partial charge on any atom is 0.252 e. The summed E-state index contributed by atoms with van der Waals surface area (Å²) in [6.45, 7) is 0.534. The lowest BCUT2D eigenvalue weighted by atomic mass is 9.81. The largest absolute Gasteiger partial charge is 0.497 e. The van der Waals surface area contributed by atoms with E-state index in [1.54, 1.807) is 75.9 Å². The topological polar surface area (TPSA) is 157 Å². The molecule has 1 heterocycles. The van der Waals surface area contributed by atoms with E-state index in [9.17, 15) is 10.3 Å². The molecule has 0 bridgehead atoms. The van der Waals surface area contributed by atoms with E-state index in [0.29, 0.717) is 58.4 Å². The average molecular weight is 652 g/mol. The minimum Gasteiger partial charge on any atom is -0.497 e. The fraction of sp³-hybridized carbons (Fsp3) is 0.278. The van der Waals surface area contributed by atoms with Gasteiger partial charge in [-0.05, 0) is 65.2 Å². The van der Waals surface area contributed by atoms with E-state index in [0.717, 1.165) is 5.56 Å². The van der Waals surface area contributed by atoms with Crippen molar-refractivity contribution in [2.24, 2.45) is 10.1 Å². The van der Waals surface area contributed by atoms with Crippen LogP contribution in [0.15, 0.2) is 101 Å². The van der Waals surface area contributed by atoms with Crippen LogP contribution in [0.4, 0.5) is 5.69 Å². The van der Waals surface area contributed by atoms with Crippen molar-refractivity contribution in [3.63, 3.8) is 0 Å². The summed E-state index contributed by atoms with van der Waals surface area (Å²) in [5.41, 5.74) is 10.8. The number of aliphatic imine (C=N–C) groups is 1. The molecule has 248 valence electrons. The summed E-state index contributed by atoms with van der Waals surface area (Å²) < 4.78 is 28.8. The van der Waals surface area contributed by atoms with E-state index in [1.807, 2.05) is 36.4 Å². The van der Waals surface area contributed by atoms with Crippen molar-refractivity contribution >= 4 is 17.5 Å². The first-order valence-corrected chi connectivity index (χ1v) is 15.3. The number of nitrogens with zero attached hydrogens (tertiary/aromatic N) is 4. The van der Waals surface area contributed by atoms with Gasteiger partial charge in [-0.1, -0.05) is 41.5 Å².